The van der Waals surface area contributed by atoms with Gasteiger partial charge < -0.3 is 9.47 Å². The van der Waals surface area contributed by atoms with Gasteiger partial charge in [-0.25, -0.2) is 0 Å². The number of nitrogens with one attached hydrogen (secondary N) is 1. The number of ether oxygens (including phenoxy) is 2. The van der Waals surface area contributed by atoms with Gasteiger partial charge in [0.05, 0.1) is 12.7 Å². The lowest BCUT2D eigenvalue weighted by molar-refractivity contribution is -0.152. The number of carbonyl (C=O) groups is 1. The van der Waals surface area contributed by atoms with E-state index in [1.54, 1.807) is 0 Å². The molecule has 4 heteroatoms. The van der Waals surface area contributed by atoms with Crippen molar-refractivity contribution in [3.63, 3.8) is 0 Å². The van der Waals surface area contributed by atoms with E-state index in [0.717, 1.165) is 12.5 Å². The normalized spacial score (nSPS) is 20.1. The average Bonchev–Trinajstić information content (AvgIpc) is 3.09. The lowest BCUT2D eigenvalue weighted by atomic mass is 9.93. The molecule has 0 bridgehead atoms. The maximum Gasteiger partial charge on any atom is 0.326 e. The number of rotatable bonds is 9. The van der Waals surface area contributed by atoms with Crippen LogP contribution in [0.25, 0.3) is 0 Å². The van der Waals surface area contributed by atoms with Crippen LogP contribution in [0.2, 0.25) is 0 Å². The van der Waals surface area contributed by atoms with E-state index in [9.17, 15) is 4.79 Å². The summed E-state index contributed by atoms with van der Waals surface area (Å²) in [5, 5.41) is 3.32. The van der Waals surface area contributed by atoms with Crippen LogP contribution in [0.3, 0.4) is 0 Å². The fraction of sp³-hybridized carbons (Fsp3) is 0.933. The summed E-state index contributed by atoms with van der Waals surface area (Å²) in [6.45, 7) is 11.1. The predicted octanol–water partition coefficient (Wildman–Crippen LogP) is 2.51. The Hall–Kier alpha value is -0.610. The molecule has 1 fully saturated rings. The van der Waals surface area contributed by atoms with Gasteiger partial charge in [0.15, 0.2) is 0 Å². The third-order valence-electron chi connectivity index (χ3n) is 3.34. The van der Waals surface area contributed by atoms with E-state index in [1.165, 1.54) is 12.8 Å². The topological polar surface area (TPSA) is 47.6 Å². The number of esters is 1. The van der Waals surface area contributed by atoms with Crippen LogP contribution in [0.5, 0.6) is 0 Å². The molecule has 2 atom stereocenters. The van der Waals surface area contributed by atoms with Crippen molar-refractivity contribution >= 4 is 5.97 Å². The molecule has 112 valence electrons. The van der Waals surface area contributed by atoms with Gasteiger partial charge in [-0.2, -0.15) is 0 Å². The Morgan fingerprint density at radius 1 is 1.37 bits per heavy atom. The Kier molecular flexibility index (Phi) is 6.27. The minimum absolute atomic E-state index is 0.0567. The van der Waals surface area contributed by atoms with Gasteiger partial charge in [-0.3, -0.25) is 10.1 Å². The average molecular weight is 271 g/mol. The largest absolute Gasteiger partial charge is 0.465 e. The third kappa shape index (κ3) is 5.91. The van der Waals surface area contributed by atoms with Gasteiger partial charge in [0.25, 0.3) is 0 Å². The smallest absolute Gasteiger partial charge is 0.326 e. The van der Waals surface area contributed by atoms with Crippen molar-refractivity contribution in [1.29, 1.82) is 0 Å². The van der Waals surface area contributed by atoms with Gasteiger partial charge in [0.2, 0.25) is 0 Å². The van der Waals surface area contributed by atoms with Crippen LogP contribution in [-0.4, -0.2) is 36.9 Å². The Balaban J connectivity index is 2.52. The quantitative estimate of drug-likeness (QED) is 0.655. The number of carbonyl (C=O) groups excluding carboxylic acids is 1. The maximum atomic E-state index is 12.1. The summed E-state index contributed by atoms with van der Waals surface area (Å²) in [7, 11) is 0. The van der Waals surface area contributed by atoms with Gasteiger partial charge in [0, 0.05) is 19.1 Å². The molecule has 1 saturated carbocycles. The molecule has 1 aliphatic rings. The van der Waals surface area contributed by atoms with Gasteiger partial charge in [0.1, 0.15) is 5.54 Å². The molecule has 0 aliphatic heterocycles. The molecule has 4 nitrogen and oxygen atoms in total. The van der Waals surface area contributed by atoms with Crippen molar-refractivity contribution < 1.29 is 14.3 Å². The second-order valence-electron chi connectivity index (χ2n) is 6.14. The lowest BCUT2D eigenvalue weighted by Gasteiger charge is -2.32. The Morgan fingerprint density at radius 3 is 2.47 bits per heavy atom. The standard InChI is InChI=1S/C15H29NO3/c1-6-18-14(17)15(5,16-11(2)3)9-12(4)19-10-13-7-8-13/h11-13,16H,6-10H2,1-5H3. The molecule has 0 aromatic heterocycles. The highest BCUT2D eigenvalue weighted by atomic mass is 16.5. The van der Waals surface area contributed by atoms with Crippen LogP contribution in [0.15, 0.2) is 0 Å². The summed E-state index contributed by atoms with van der Waals surface area (Å²) in [6.07, 6.45) is 3.26. The highest BCUT2D eigenvalue weighted by Crippen LogP contribution is 2.30. The molecule has 0 radical (unpaired) electrons. The van der Waals surface area contributed by atoms with Crippen molar-refractivity contribution in [3.8, 4) is 0 Å². The van der Waals surface area contributed by atoms with Gasteiger partial charge in [-0.15, -0.1) is 0 Å². The summed E-state index contributed by atoms with van der Waals surface area (Å²) in [6, 6.07) is 0.227. The van der Waals surface area contributed by atoms with Crippen LogP contribution in [0.4, 0.5) is 0 Å². The third-order valence-corrected chi connectivity index (χ3v) is 3.34. The van der Waals surface area contributed by atoms with E-state index in [2.05, 4.69) is 5.32 Å². The van der Waals surface area contributed by atoms with Crippen LogP contribution < -0.4 is 5.32 Å². The van der Waals surface area contributed by atoms with E-state index in [0.29, 0.717) is 13.0 Å². The summed E-state index contributed by atoms with van der Waals surface area (Å²) in [5.74, 6) is 0.555. The summed E-state index contributed by atoms with van der Waals surface area (Å²) in [4.78, 5) is 12.1. The van der Waals surface area contributed by atoms with Crippen molar-refractivity contribution in [2.75, 3.05) is 13.2 Å². The molecule has 0 spiro atoms. The van der Waals surface area contributed by atoms with Gasteiger partial charge in [-0.1, -0.05) is 0 Å². The molecule has 1 N–H and O–H groups in total. The highest BCUT2D eigenvalue weighted by molar-refractivity contribution is 5.80. The first-order valence-corrected chi connectivity index (χ1v) is 7.44. The summed E-state index contributed by atoms with van der Waals surface area (Å²) < 4.78 is 11.0. The number of hydrogen-bond acceptors (Lipinski definition) is 4. The zero-order valence-corrected chi connectivity index (χ0v) is 13.0. The monoisotopic (exact) mass is 271 g/mol. The van der Waals surface area contributed by atoms with E-state index >= 15 is 0 Å². The summed E-state index contributed by atoms with van der Waals surface area (Å²) >= 11 is 0. The Morgan fingerprint density at radius 2 is 2.00 bits per heavy atom. The van der Waals surface area contributed by atoms with Crippen molar-refractivity contribution in [2.45, 2.75) is 71.6 Å². The molecule has 0 aromatic carbocycles. The van der Waals surface area contributed by atoms with Crippen LogP contribution in [-0.2, 0) is 14.3 Å². The fourth-order valence-electron chi connectivity index (χ4n) is 2.35. The van der Waals surface area contributed by atoms with E-state index in [1.807, 2.05) is 34.6 Å². The van der Waals surface area contributed by atoms with Crippen LogP contribution >= 0.6 is 0 Å². The van der Waals surface area contributed by atoms with E-state index in [4.69, 9.17) is 9.47 Å². The molecule has 1 aliphatic carbocycles. The lowest BCUT2D eigenvalue weighted by Crippen LogP contribution is -2.54. The number of hydrogen-bond donors (Lipinski definition) is 1. The molecule has 0 amide bonds. The van der Waals surface area contributed by atoms with Crippen molar-refractivity contribution in [3.05, 3.63) is 0 Å². The maximum absolute atomic E-state index is 12.1. The van der Waals surface area contributed by atoms with E-state index < -0.39 is 5.54 Å². The molecule has 0 saturated heterocycles. The van der Waals surface area contributed by atoms with Crippen LogP contribution in [0, 0.1) is 5.92 Å². The van der Waals surface area contributed by atoms with E-state index in [-0.39, 0.29) is 18.1 Å². The second kappa shape index (κ2) is 7.25. The first kappa shape index (κ1) is 16.4. The molecule has 1 rings (SSSR count). The Labute approximate surface area is 117 Å². The molecule has 0 heterocycles. The molecule has 19 heavy (non-hydrogen) atoms. The summed E-state index contributed by atoms with van der Waals surface area (Å²) in [5.41, 5.74) is -0.673. The highest BCUT2D eigenvalue weighted by Gasteiger charge is 2.37. The fourth-order valence-corrected chi connectivity index (χ4v) is 2.35. The molecular weight excluding hydrogens is 242 g/mol. The molecule has 0 aromatic rings. The zero-order valence-electron chi connectivity index (χ0n) is 13.0. The van der Waals surface area contributed by atoms with Crippen molar-refractivity contribution in [2.24, 2.45) is 5.92 Å². The van der Waals surface area contributed by atoms with Gasteiger partial charge in [-0.05, 0) is 53.4 Å². The minimum Gasteiger partial charge on any atom is -0.465 e. The molecule has 2 unspecified atom stereocenters. The SMILES string of the molecule is CCOC(=O)C(C)(CC(C)OCC1CC1)NC(C)C. The minimum atomic E-state index is -0.673. The first-order chi connectivity index (χ1) is 8.87. The first-order valence-electron chi connectivity index (χ1n) is 7.44. The zero-order chi connectivity index (χ0) is 14.5. The van der Waals surface area contributed by atoms with Gasteiger partial charge >= 0.3 is 5.97 Å². The molecular formula is C15H29NO3. The second-order valence-corrected chi connectivity index (χ2v) is 6.14. The Bertz CT molecular complexity index is 289. The predicted molar refractivity (Wildman–Crippen MR) is 76.1 cm³/mol. The van der Waals surface area contributed by atoms with Crippen LogP contribution in [0.1, 0.15) is 53.9 Å². The van der Waals surface area contributed by atoms with Crippen molar-refractivity contribution in [1.82, 2.24) is 5.32 Å².